The fraction of sp³-hybridized carbons (Fsp3) is 0.278. The topological polar surface area (TPSA) is 46.5 Å². The van der Waals surface area contributed by atoms with Gasteiger partial charge in [-0.05, 0) is 68.1 Å². The standard InChI is InChI=1S/C18H20O3/c1-11-7-12(2)16(13(3)8-11)10-21-17-6-5-15(18(19)20)9-14(17)4/h5-9H,10H2,1-4H3,(H,19,20). The number of hydrogen-bond donors (Lipinski definition) is 1. The molecule has 0 amide bonds. The van der Waals surface area contributed by atoms with Crippen LogP contribution in [0.1, 0.15) is 38.2 Å². The zero-order valence-corrected chi connectivity index (χ0v) is 12.9. The Bertz CT molecular complexity index is 664. The number of carbonyl (C=O) groups is 1. The first-order valence-electron chi connectivity index (χ1n) is 6.92. The van der Waals surface area contributed by atoms with Crippen molar-refractivity contribution >= 4 is 5.97 Å². The summed E-state index contributed by atoms with van der Waals surface area (Å²) >= 11 is 0. The van der Waals surface area contributed by atoms with Gasteiger partial charge >= 0.3 is 5.97 Å². The summed E-state index contributed by atoms with van der Waals surface area (Å²) in [6, 6.07) is 9.21. The minimum Gasteiger partial charge on any atom is -0.489 e. The van der Waals surface area contributed by atoms with Crippen LogP contribution in [0.2, 0.25) is 0 Å². The van der Waals surface area contributed by atoms with Gasteiger partial charge < -0.3 is 9.84 Å². The minimum absolute atomic E-state index is 0.280. The molecule has 0 spiro atoms. The molecule has 21 heavy (non-hydrogen) atoms. The molecule has 0 heterocycles. The monoisotopic (exact) mass is 284 g/mol. The summed E-state index contributed by atoms with van der Waals surface area (Å²) in [5.74, 6) is -0.200. The van der Waals surface area contributed by atoms with Crippen LogP contribution in [0.5, 0.6) is 5.75 Å². The van der Waals surface area contributed by atoms with Gasteiger partial charge in [-0.25, -0.2) is 4.79 Å². The van der Waals surface area contributed by atoms with Gasteiger partial charge in [-0.2, -0.15) is 0 Å². The molecule has 0 saturated carbocycles. The average Bonchev–Trinajstić information content (AvgIpc) is 2.38. The first-order valence-corrected chi connectivity index (χ1v) is 6.92. The Morgan fingerprint density at radius 2 is 1.62 bits per heavy atom. The molecule has 2 aromatic carbocycles. The van der Waals surface area contributed by atoms with Crippen LogP contribution in [0.3, 0.4) is 0 Å². The molecule has 0 radical (unpaired) electrons. The number of hydrogen-bond acceptors (Lipinski definition) is 2. The van der Waals surface area contributed by atoms with Gasteiger partial charge in [0.25, 0.3) is 0 Å². The molecule has 0 bridgehead atoms. The maximum absolute atomic E-state index is 10.9. The quantitative estimate of drug-likeness (QED) is 0.915. The van der Waals surface area contributed by atoms with Crippen LogP contribution in [0, 0.1) is 27.7 Å². The van der Waals surface area contributed by atoms with Crippen molar-refractivity contribution in [2.45, 2.75) is 34.3 Å². The number of aryl methyl sites for hydroxylation is 4. The predicted molar refractivity (Wildman–Crippen MR) is 83.1 cm³/mol. The van der Waals surface area contributed by atoms with Gasteiger partial charge in [0.2, 0.25) is 0 Å². The number of carboxylic acids is 1. The van der Waals surface area contributed by atoms with E-state index in [9.17, 15) is 4.79 Å². The van der Waals surface area contributed by atoms with Gasteiger partial charge in [-0.15, -0.1) is 0 Å². The molecule has 3 nitrogen and oxygen atoms in total. The number of ether oxygens (including phenoxy) is 1. The largest absolute Gasteiger partial charge is 0.489 e. The molecular weight excluding hydrogens is 264 g/mol. The number of aromatic carboxylic acids is 1. The van der Waals surface area contributed by atoms with Crippen molar-refractivity contribution in [3.63, 3.8) is 0 Å². The summed E-state index contributed by atoms with van der Waals surface area (Å²) in [6.45, 7) is 8.60. The van der Waals surface area contributed by atoms with Crippen LogP contribution in [0.15, 0.2) is 30.3 Å². The van der Waals surface area contributed by atoms with Crippen molar-refractivity contribution < 1.29 is 14.6 Å². The first-order chi connectivity index (χ1) is 9.88. The third-order valence-electron chi connectivity index (χ3n) is 3.63. The lowest BCUT2D eigenvalue weighted by Crippen LogP contribution is -2.03. The van der Waals surface area contributed by atoms with Gasteiger partial charge in [-0.1, -0.05) is 17.7 Å². The molecule has 0 fully saturated rings. The van der Waals surface area contributed by atoms with E-state index < -0.39 is 5.97 Å². The van der Waals surface area contributed by atoms with E-state index in [-0.39, 0.29) is 5.56 Å². The Morgan fingerprint density at radius 3 is 2.14 bits per heavy atom. The summed E-state index contributed by atoms with van der Waals surface area (Å²) < 4.78 is 5.87. The lowest BCUT2D eigenvalue weighted by molar-refractivity contribution is 0.0696. The van der Waals surface area contributed by atoms with E-state index in [4.69, 9.17) is 9.84 Å². The average molecular weight is 284 g/mol. The van der Waals surface area contributed by atoms with Crippen molar-refractivity contribution in [3.8, 4) is 5.75 Å². The highest BCUT2D eigenvalue weighted by molar-refractivity contribution is 5.88. The molecule has 0 aliphatic rings. The Hall–Kier alpha value is -2.29. The lowest BCUT2D eigenvalue weighted by atomic mass is 10.0. The van der Waals surface area contributed by atoms with E-state index in [2.05, 4.69) is 32.9 Å². The van der Waals surface area contributed by atoms with E-state index in [1.807, 2.05) is 6.92 Å². The molecule has 0 saturated heterocycles. The summed E-state index contributed by atoms with van der Waals surface area (Å²) in [4.78, 5) is 10.9. The van der Waals surface area contributed by atoms with Crippen LogP contribution in [-0.2, 0) is 6.61 Å². The highest BCUT2D eigenvalue weighted by Gasteiger charge is 2.09. The molecular formula is C18H20O3. The molecule has 0 unspecified atom stereocenters. The van der Waals surface area contributed by atoms with Crippen LogP contribution in [0.4, 0.5) is 0 Å². The van der Waals surface area contributed by atoms with Crippen LogP contribution < -0.4 is 4.74 Å². The molecule has 2 rings (SSSR count). The molecule has 0 atom stereocenters. The summed E-state index contributed by atoms with van der Waals surface area (Å²) in [5.41, 5.74) is 5.97. The Morgan fingerprint density at radius 1 is 1.00 bits per heavy atom. The SMILES string of the molecule is Cc1cc(C)c(COc2ccc(C(=O)O)cc2C)c(C)c1. The van der Waals surface area contributed by atoms with Crippen LogP contribution in [0.25, 0.3) is 0 Å². The van der Waals surface area contributed by atoms with Gasteiger partial charge in [0.1, 0.15) is 12.4 Å². The Labute approximate surface area is 125 Å². The van der Waals surface area contributed by atoms with Crippen molar-refractivity contribution in [2.75, 3.05) is 0 Å². The second-order valence-electron chi connectivity index (χ2n) is 5.45. The second kappa shape index (κ2) is 6.00. The molecule has 110 valence electrons. The molecule has 0 aliphatic carbocycles. The summed E-state index contributed by atoms with van der Waals surface area (Å²) in [7, 11) is 0. The maximum atomic E-state index is 10.9. The van der Waals surface area contributed by atoms with E-state index in [1.54, 1.807) is 18.2 Å². The third-order valence-corrected chi connectivity index (χ3v) is 3.63. The van der Waals surface area contributed by atoms with E-state index >= 15 is 0 Å². The number of rotatable bonds is 4. The molecule has 3 heteroatoms. The number of carboxylic acid groups (broad SMARTS) is 1. The highest BCUT2D eigenvalue weighted by atomic mass is 16.5. The predicted octanol–water partition coefficient (Wildman–Crippen LogP) is 4.20. The zero-order valence-electron chi connectivity index (χ0n) is 12.9. The van der Waals surface area contributed by atoms with Crippen LogP contribution in [-0.4, -0.2) is 11.1 Å². The second-order valence-corrected chi connectivity index (χ2v) is 5.45. The van der Waals surface area contributed by atoms with Crippen molar-refractivity contribution in [1.29, 1.82) is 0 Å². The normalized spacial score (nSPS) is 10.5. The lowest BCUT2D eigenvalue weighted by Gasteiger charge is -2.14. The molecule has 1 N–H and O–H groups in total. The molecule has 0 aliphatic heterocycles. The van der Waals surface area contributed by atoms with E-state index in [0.29, 0.717) is 6.61 Å². The minimum atomic E-state index is -0.921. The van der Waals surface area contributed by atoms with Gasteiger partial charge in [-0.3, -0.25) is 0 Å². The molecule has 0 aromatic heterocycles. The first kappa shape index (κ1) is 15.1. The van der Waals surface area contributed by atoms with Crippen molar-refractivity contribution in [1.82, 2.24) is 0 Å². The van der Waals surface area contributed by atoms with Gasteiger partial charge in [0, 0.05) is 0 Å². The molecule has 2 aromatic rings. The Balaban J connectivity index is 2.19. The van der Waals surface area contributed by atoms with E-state index in [0.717, 1.165) is 11.3 Å². The zero-order chi connectivity index (χ0) is 15.6. The third kappa shape index (κ3) is 3.43. The van der Waals surface area contributed by atoms with Crippen molar-refractivity contribution in [3.05, 3.63) is 63.7 Å². The smallest absolute Gasteiger partial charge is 0.335 e. The van der Waals surface area contributed by atoms with Crippen molar-refractivity contribution in [2.24, 2.45) is 0 Å². The Kier molecular flexibility index (Phi) is 4.32. The van der Waals surface area contributed by atoms with Gasteiger partial charge in [0.05, 0.1) is 5.56 Å². The van der Waals surface area contributed by atoms with Gasteiger partial charge in [0.15, 0.2) is 0 Å². The maximum Gasteiger partial charge on any atom is 0.335 e. The fourth-order valence-electron chi connectivity index (χ4n) is 2.53. The summed E-state index contributed by atoms with van der Waals surface area (Å²) in [6.07, 6.45) is 0. The number of benzene rings is 2. The fourth-order valence-corrected chi connectivity index (χ4v) is 2.53. The summed E-state index contributed by atoms with van der Waals surface area (Å²) in [5, 5.41) is 8.97. The highest BCUT2D eigenvalue weighted by Crippen LogP contribution is 2.23. The van der Waals surface area contributed by atoms with E-state index in [1.165, 1.54) is 22.3 Å². The van der Waals surface area contributed by atoms with Crippen LogP contribution >= 0.6 is 0 Å².